The number of urea groups is 1. The Hall–Kier alpha value is -4.48. The number of pyridine rings is 1. The molecule has 226 valence electrons. The highest BCUT2D eigenvalue weighted by molar-refractivity contribution is 5.90. The number of carbonyl (C=O) groups excluding carboxylic acids is 3. The van der Waals surface area contributed by atoms with Crippen molar-refractivity contribution in [1.29, 1.82) is 0 Å². The zero-order chi connectivity index (χ0) is 30.6. The fraction of sp³-hybridized carbons (Fsp3) is 0.355. The Kier molecular flexibility index (Phi) is 8.93. The largest absolute Gasteiger partial charge is 0.488 e. The van der Waals surface area contributed by atoms with Gasteiger partial charge in [0.25, 0.3) is 0 Å². The first kappa shape index (κ1) is 30.0. The lowest BCUT2D eigenvalue weighted by molar-refractivity contribution is -0.227. The van der Waals surface area contributed by atoms with Crippen LogP contribution in [0.2, 0.25) is 0 Å². The van der Waals surface area contributed by atoms with E-state index in [4.69, 9.17) is 0 Å². The van der Waals surface area contributed by atoms with Crippen LogP contribution < -0.4 is 10.6 Å². The highest BCUT2D eigenvalue weighted by atomic mass is 19.4. The van der Waals surface area contributed by atoms with Gasteiger partial charge < -0.3 is 15.5 Å². The number of carbonyl (C=O) groups is 3. The lowest BCUT2D eigenvalue weighted by Crippen LogP contribution is -2.52. The molecule has 0 bridgehead atoms. The second-order valence-electron chi connectivity index (χ2n) is 10.7. The zero-order valence-electron chi connectivity index (χ0n) is 23.2. The molecule has 1 saturated heterocycles. The van der Waals surface area contributed by atoms with E-state index in [2.05, 4.69) is 15.6 Å². The third-order valence-corrected chi connectivity index (χ3v) is 7.63. The highest BCUT2D eigenvalue weighted by Gasteiger charge is 2.42. The molecule has 1 aromatic heterocycles. The van der Waals surface area contributed by atoms with Gasteiger partial charge in [-0.05, 0) is 48.8 Å². The average Bonchev–Trinajstić information content (AvgIpc) is 3.72. The Labute approximate surface area is 246 Å². The summed E-state index contributed by atoms with van der Waals surface area (Å²) in [6.45, 7) is -1.25. The quantitative estimate of drug-likeness (QED) is 0.206. The number of rotatable bonds is 9. The van der Waals surface area contributed by atoms with Crippen LogP contribution in [0.1, 0.15) is 60.0 Å². The number of nitrogens with one attached hydrogen (secondary N) is 2. The molecule has 0 unspecified atom stereocenters. The highest BCUT2D eigenvalue weighted by Crippen LogP contribution is 2.41. The van der Waals surface area contributed by atoms with Crippen molar-refractivity contribution >= 4 is 17.8 Å². The number of benzene rings is 2. The van der Waals surface area contributed by atoms with Crippen LogP contribution in [0.25, 0.3) is 0 Å². The first-order valence-corrected chi connectivity index (χ1v) is 14.1. The molecule has 2 fully saturated rings. The molecule has 5 rings (SSSR count). The molecule has 0 radical (unpaired) electrons. The van der Waals surface area contributed by atoms with Crippen LogP contribution in [0, 0.1) is 5.95 Å². The minimum Gasteiger partial charge on any atom is -0.342 e. The summed E-state index contributed by atoms with van der Waals surface area (Å²) in [5, 5.41) is 4.95. The molecular weight excluding hydrogens is 566 g/mol. The average molecular weight is 598 g/mol. The lowest BCUT2D eigenvalue weighted by Gasteiger charge is -2.28. The van der Waals surface area contributed by atoms with Gasteiger partial charge in [0.05, 0.1) is 24.8 Å². The van der Waals surface area contributed by atoms with E-state index in [1.807, 2.05) is 0 Å². The number of likely N-dealkylation sites (tertiary alicyclic amines) is 1. The summed E-state index contributed by atoms with van der Waals surface area (Å²) >= 11 is 0. The summed E-state index contributed by atoms with van der Waals surface area (Å²) in [5.41, 5.74) is 1.78. The van der Waals surface area contributed by atoms with Crippen molar-refractivity contribution in [3.05, 3.63) is 101 Å². The normalized spacial score (nSPS) is 17.3. The van der Waals surface area contributed by atoms with Crippen LogP contribution in [0.15, 0.2) is 72.8 Å². The van der Waals surface area contributed by atoms with Crippen LogP contribution >= 0.6 is 0 Å². The maximum absolute atomic E-state index is 14.8. The molecule has 2 heterocycles. The number of halogens is 4. The number of amides is 4. The molecule has 8 nitrogen and oxygen atoms in total. The van der Waals surface area contributed by atoms with Gasteiger partial charge in [-0.3, -0.25) is 9.59 Å². The SMILES string of the molecule is O=C(N[C@@H](c1ccccc1)c1ccc(C2CC2)c(F)n1)[C@@H]1CCCN1C(=O)CNC(=O)N(Cc1ccccc1)C(F)(F)F. The number of hydrogen-bond donors (Lipinski definition) is 2. The number of hydrogen-bond acceptors (Lipinski definition) is 4. The molecule has 12 heteroatoms. The Morgan fingerprint density at radius 2 is 1.63 bits per heavy atom. The van der Waals surface area contributed by atoms with Gasteiger partial charge in [-0.1, -0.05) is 66.7 Å². The van der Waals surface area contributed by atoms with Crippen LogP contribution in [0.4, 0.5) is 22.4 Å². The molecule has 0 spiro atoms. The summed E-state index contributed by atoms with van der Waals surface area (Å²) in [6.07, 6.45) is -2.36. The molecule has 1 aliphatic carbocycles. The third-order valence-electron chi connectivity index (χ3n) is 7.63. The van der Waals surface area contributed by atoms with Crippen LogP contribution in [-0.4, -0.2) is 58.1 Å². The summed E-state index contributed by atoms with van der Waals surface area (Å²) in [4.78, 5) is 44.1. The van der Waals surface area contributed by atoms with Crippen molar-refractivity contribution in [3.8, 4) is 0 Å². The maximum Gasteiger partial charge on any atom is 0.488 e. The van der Waals surface area contributed by atoms with Crippen molar-refractivity contribution in [3.63, 3.8) is 0 Å². The van der Waals surface area contributed by atoms with Gasteiger partial charge in [0.1, 0.15) is 6.04 Å². The van der Waals surface area contributed by atoms with E-state index in [0.717, 1.165) is 12.8 Å². The Morgan fingerprint density at radius 1 is 0.953 bits per heavy atom. The number of nitrogens with zero attached hydrogens (tertiary/aromatic N) is 3. The molecule has 2 aromatic carbocycles. The lowest BCUT2D eigenvalue weighted by atomic mass is 10.0. The van der Waals surface area contributed by atoms with Crippen molar-refractivity contribution in [1.82, 2.24) is 25.4 Å². The van der Waals surface area contributed by atoms with Gasteiger partial charge in [0.15, 0.2) is 0 Å². The van der Waals surface area contributed by atoms with Crippen molar-refractivity contribution in [2.24, 2.45) is 0 Å². The molecule has 1 aliphatic heterocycles. The molecule has 2 N–H and O–H groups in total. The third kappa shape index (κ3) is 7.30. The van der Waals surface area contributed by atoms with Gasteiger partial charge in [-0.15, -0.1) is 13.2 Å². The Bertz CT molecular complexity index is 1450. The van der Waals surface area contributed by atoms with Crippen molar-refractivity contribution in [2.45, 2.75) is 56.5 Å². The van der Waals surface area contributed by atoms with Gasteiger partial charge in [0.2, 0.25) is 17.8 Å². The second-order valence-corrected chi connectivity index (χ2v) is 10.7. The first-order chi connectivity index (χ1) is 20.6. The predicted molar refractivity (Wildman–Crippen MR) is 149 cm³/mol. The van der Waals surface area contributed by atoms with Crippen molar-refractivity contribution < 1.29 is 31.9 Å². The fourth-order valence-corrected chi connectivity index (χ4v) is 5.26. The number of alkyl halides is 3. The van der Waals surface area contributed by atoms with Crippen LogP contribution in [0.3, 0.4) is 0 Å². The van der Waals surface area contributed by atoms with Gasteiger partial charge in [-0.25, -0.2) is 14.7 Å². The predicted octanol–water partition coefficient (Wildman–Crippen LogP) is 5.03. The molecular formula is C31H31F4N5O3. The van der Waals surface area contributed by atoms with E-state index in [1.165, 1.54) is 17.0 Å². The van der Waals surface area contributed by atoms with E-state index in [0.29, 0.717) is 29.7 Å². The fourth-order valence-electron chi connectivity index (χ4n) is 5.26. The molecule has 1 saturated carbocycles. The summed E-state index contributed by atoms with van der Waals surface area (Å²) in [7, 11) is 0. The van der Waals surface area contributed by atoms with Crippen LogP contribution in [-0.2, 0) is 16.1 Å². The maximum atomic E-state index is 14.8. The Morgan fingerprint density at radius 3 is 2.26 bits per heavy atom. The Balaban J connectivity index is 1.26. The van der Waals surface area contributed by atoms with Gasteiger partial charge in [0, 0.05) is 12.1 Å². The molecule has 43 heavy (non-hydrogen) atoms. The summed E-state index contributed by atoms with van der Waals surface area (Å²) in [6, 6.07) is 16.8. The topological polar surface area (TPSA) is 94.6 Å². The molecule has 3 aromatic rings. The summed E-state index contributed by atoms with van der Waals surface area (Å²) in [5.74, 6) is -1.63. The molecule has 2 atom stereocenters. The monoisotopic (exact) mass is 597 g/mol. The minimum absolute atomic E-state index is 0.159. The van der Waals surface area contributed by atoms with E-state index in [1.54, 1.807) is 60.7 Å². The first-order valence-electron chi connectivity index (χ1n) is 14.1. The smallest absolute Gasteiger partial charge is 0.342 e. The van der Waals surface area contributed by atoms with Gasteiger partial charge >= 0.3 is 12.3 Å². The molecule has 2 aliphatic rings. The van der Waals surface area contributed by atoms with E-state index < -0.39 is 55.3 Å². The second kappa shape index (κ2) is 12.8. The van der Waals surface area contributed by atoms with E-state index in [-0.39, 0.29) is 22.9 Å². The minimum atomic E-state index is -4.98. The van der Waals surface area contributed by atoms with Gasteiger partial charge in [-0.2, -0.15) is 4.39 Å². The number of aromatic nitrogens is 1. The van der Waals surface area contributed by atoms with E-state index in [9.17, 15) is 31.9 Å². The standard InChI is InChI=1S/C31H31F4N5O3/c32-28-23(21-13-14-21)15-16-24(37-28)27(22-10-5-2-6-11-22)38-29(42)25-12-7-17-39(25)26(41)18-36-30(43)40(31(33,34)35)19-20-8-3-1-4-9-20/h1-6,8-11,15-16,21,25,27H,7,12-14,17-19H2,(H,36,43)(H,38,42)/t25-,27-/m0/s1. The van der Waals surface area contributed by atoms with Crippen molar-refractivity contribution in [2.75, 3.05) is 13.1 Å². The zero-order valence-corrected chi connectivity index (χ0v) is 23.2. The van der Waals surface area contributed by atoms with Crippen LogP contribution in [0.5, 0.6) is 0 Å². The molecule has 4 amide bonds. The van der Waals surface area contributed by atoms with E-state index >= 15 is 0 Å². The summed E-state index contributed by atoms with van der Waals surface area (Å²) < 4.78 is 55.7.